The van der Waals surface area contributed by atoms with Crippen molar-refractivity contribution in [1.29, 1.82) is 0 Å². The van der Waals surface area contributed by atoms with Crippen LogP contribution in [0.3, 0.4) is 0 Å². The van der Waals surface area contributed by atoms with Gasteiger partial charge in [0.15, 0.2) is 0 Å². The second kappa shape index (κ2) is 8.41. The number of amides is 1. The van der Waals surface area contributed by atoms with Gasteiger partial charge in [0.25, 0.3) is 0 Å². The Bertz CT molecular complexity index is 432. The number of carbonyl (C=O) groups is 1. The van der Waals surface area contributed by atoms with Crippen molar-refractivity contribution < 1.29 is 4.79 Å². The number of hydrogen-bond donors (Lipinski definition) is 1. The molecule has 1 amide bonds. The first-order valence-corrected chi connectivity index (χ1v) is 8.61. The van der Waals surface area contributed by atoms with Crippen LogP contribution in [0, 0.1) is 0 Å². The Morgan fingerprint density at radius 1 is 1.29 bits per heavy atom. The molecule has 1 atom stereocenters. The predicted molar refractivity (Wildman–Crippen MR) is 89.5 cm³/mol. The summed E-state index contributed by atoms with van der Waals surface area (Å²) in [4.78, 5) is 16.9. The fourth-order valence-electron chi connectivity index (χ4n) is 2.34. The molecule has 4 nitrogen and oxygen atoms in total. The van der Waals surface area contributed by atoms with E-state index in [-0.39, 0.29) is 11.9 Å². The van der Waals surface area contributed by atoms with Crippen molar-refractivity contribution in [2.75, 3.05) is 45.2 Å². The standard InChI is InChI=1S/C16H25N3OS/c1-18(2)9-10-19(12-14-6-4-3-5-7-14)16(20)15-13-21-11-8-17-15/h3-7,15,17H,8-13H2,1-2H3. The Kier molecular flexibility index (Phi) is 6.54. The highest BCUT2D eigenvalue weighted by molar-refractivity contribution is 7.99. The van der Waals surface area contributed by atoms with E-state index in [4.69, 9.17) is 0 Å². The number of carbonyl (C=O) groups excluding carboxylic acids is 1. The second-order valence-corrected chi connectivity index (χ2v) is 6.78. The van der Waals surface area contributed by atoms with Crippen LogP contribution in [0.25, 0.3) is 0 Å². The number of hydrogen-bond acceptors (Lipinski definition) is 4. The van der Waals surface area contributed by atoms with Crippen molar-refractivity contribution in [3.8, 4) is 0 Å². The fraction of sp³-hybridized carbons (Fsp3) is 0.562. The number of likely N-dealkylation sites (N-methyl/N-ethyl adjacent to an activating group) is 1. The molecule has 1 aliphatic heterocycles. The van der Waals surface area contributed by atoms with Gasteiger partial charge in [-0.05, 0) is 19.7 Å². The van der Waals surface area contributed by atoms with E-state index in [0.29, 0.717) is 6.54 Å². The lowest BCUT2D eigenvalue weighted by atomic mass is 10.2. The second-order valence-electron chi connectivity index (χ2n) is 5.63. The number of nitrogens with one attached hydrogen (secondary N) is 1. The Labute approximate surface area is 131 Å². The highest BCUT2D eigenvalue weighted by Gasteiger charge is 2.25. The van der Waals surface area contributed by atoms with Gasteiger partial charge in [-0.25, -0.2) is 0 Å². The first kappa shape index (κ1) is 16.3. The van der Waals surface area contributed by atoms with Crippen LogP contribution in [0.15, 0.2) is 30.3 Å². The number of benzene rings is 1. The van der Waals surface area contributed by atoms with E-state index in [1.165, 1.54) is 5.56 Å². The lowest BCUT2D eigenvalue weighted by molar-refractivity contribution is -0.133. The van der Waals surface area contributed by atoms with Crippen molar-refractivity contribution in [3.63, 3.8) is 0 Å². The molecule has 0 spiro atoms. The third kappa shape index (κ3) is 5.34. The minimum atomic E-state index is -0.0328. The number of nitrogens with zero attached hydrogens (tertiary/aromatic N) is 2. The van der Waals surface area contributed by atoms with Gasteiger partial charge in [-0.1, -0.05) is 30.3 Å². The summed E-state index contributed by atoms with van der Waals surface area (Å²) in [5.74, 6) is 2.21. The molecular formula is C16H25N3OS. The minimum Gasteiger partial charge on any atom is -0.336 e. The summed E-state index contributed by atoms with van der Waals surface area (Å²) in [7, 11) is 4.08. The molecule has 0 aliphatic carbocycles. The quantitative estimate of drug-likeness (QED) is 0.859. The van der Waals surface area contributed by atoms with E-state index in [2.05, 4.69) is 22.3 Å². The Hall–Kier alpha value is -1.04. The van der Waals surface area contributed by atoms with Crippen LogP contribution in [0.1, 0.15) is 5.56 Å². The van der Waals surface area contributed by atoms with E-state index in [1.54, 1.807) is 0 Å². The number of rotatable bonds is 6. The fourth-order valence-corrected chi connectivity index (χ4v) is 3.26. The van der Waals surface area contributed by atoms with E-state index < -0.39 is 0 Å². The Morgan fingerprint density at radius 3 is 2.67 bits per heavy atom. The lowest BCUT2D eigenvalue weighted by Gasteiger charge is -2.30. The van der Waals surface area contributed by atoms with Gasteiger partial charge in [0.05, 0.1) is 6.04 Å². The average molecular weight is 307 g/mol. The molecular weight excluding hydrogens is 282 g/mol. The van der Waals surface area contributed by atoms with Crippen molar-refractivity contribution in [2.24, 2.45) is 0 Å². The normalized spacial score (nSPS) is 18.7. The Balaban J connectivity index is 2.01. The van der Waals surface area contributed by atoms with E-state index in [0.717, 1.165) is 31.1 Å². The topological polar surface area (TPSA) is 35.6 Å². The molecule has 0 radical (unpaired) electrons. The van der Waals surface area contributed by atoms with Gasteiger partial charge >= 0.3 is 0 Å². The third-order valence-corrected chi connectivity index (χ3v) is 4.63. The maximum Gasteiger partial charge on any atom is 0.240 e. The highest BCUT2D eigenvalue weighted by atomic mass is 32.2. The summed E-state index contributed by atoms with van der Waals surface area (Å²) in [6, 6.07) is 10.2. The summed E-state index contributed by atoms with van der Waals surface area (Å²) in [5, 5.41) is 3.35. The molecule has 1 heterocycles. The van der Waals surface area contributed by atoms with Gasteiger partial charge in [0.1, 0.15) is 0 Å². The molecule has 116 valence electrons. The molecule has 5 heteroatoms. The molecule has 1 unspecified atom stereocenters. The SMILES string of the molecule is CN(C)CCN(Cc1ccccc1)C(=O)C1CSCCN1. The van der Waals surface area contributed by atoms with Crippen LogP contribution in [0.5, 0.6) is 0 Å². The van der Waals surface area contributed by atoms with Gasteiger partial charge in [-0.3, -0.25) is 4.79 Å². The van der Waals surface area contributed by atoms with Gasteiger partial charge in [0.2, 0.25) is 5.91 Å². The summed E-state index contributed by atoms with van der Waals surface area (Å²) in [6.45, 7) is 3.27. The number of thioether (sulfide) groups is 1. The van der Waals surface area contributed by atoms with Gasteiger partial charge in [-0.15, -0.1) is 0 Å². The molecule has 1 aromatic rings. The zero-order valence-corrected chi connectivity index (χ0v) is 13.7. The molecule has 0 bridgehead atoms. The summed E-state index contributed by atoms with van der Waals surface area (Å²) >= 11 is 1.86. The van der Waals surface area contributed by atoms with Gasteiger partial charge in [-0.2, -0.15) is 11.8 Å². The monoisotopic (exact) mass is 307 g/mol. The molecule has 0 aromatic heterocycles. The molecule has 1 aromatic carbocycles. The smallest absolute Gasteiger partial charge is 0.240 e. The predicted octanol–water partition coefficient (Wildman–Crippen LogP) is 1.28. The molecule has 0 saturated carbocycles. The third-order valence-electron chi connectivity index (χ3n) is 3.56. The van der Waals surface area contributed by atoms with Crippen LogP contribution in [0.4, 0.5) is 0 Å². The first-order chi connectivity index (χ1) is 10.2. The van der Waals surface area contributed by atoms with Crippen LogP contribution in [-0.4, -0.2) is 67.0 Å². The van der Waals surface area contributed by atoms with Crippen molar-refractivity contribution in [1.82, 2.24) is 15.1 Å². The maximum absolute atomic E-state index is 12.7. The van der Waals surface area contributed by atoms with Crippen LogP contribution < -0.4 is 5.32 Å². The highest BCUT2D eigenvalue weighted by Crippen LogP contribution is 2.12. The zero-order chi connectivity index (χ0) is 15.1. The van der Waals surface area contributed by atoms with Crippen molar-refractivity contribution in [2.45, 2.75) is 12.6 Å². The Morgan fingerprint density at radius 2 is 2.05 bits per heavy atom. The summed E-state index contributed by atoms with van der Waals surface area (Å²) < 4.78 is 0. The van der Waals surface area contributed by atoms with Gasteiger partial charge in [0, 0.05) is 37.7 Å². The largest absolute Gasteiger partial charge is 0.336 e. The van der Waals surface area contributed by atoms with Crippen LogP contribution in [0.2, 0.25) is 0 Å². The molecule has 1 saturated heterocycles. The van der Waals surface area contributed by atoms with Gasteiger partial charge < -0.3 is 15.1 Å². The first-order valence-electron chi connectivity index (χ1n) is 7.45. The zero-order valence-electron chi connectivity index (χ0n) is 12.9. The van der Waals surface area contributed by atoms with Crippen molar-refractivity contribution in [3.05, 3.63) is 35.9 Å². The van der Waals surface area contributed by atoms with Crippen molar-refractivity contribution >= 4 is 17.7 Å². The molecule has 1 N–H and O–H groups in total. The van der Waals surface area contributed by atoms with E-state index in [1.807, 2.05) is 49.0 Å². The minimum absolute atomic E-state index is 0.0328. The lowest BCUT2D eigenvalue weighted by Crippen LogP contribution is -2.51. The molecule has 2 rings (SSSR count). The molecule has 1 fully saturated rings. The molecule has 21 heavy (non-hydrogen) atoms. The maximum atomic E-state index is 12.7. The van der Waals surface area contributed by atoms with Crippen LogP contribution >= 0.6 is 11.8 Å². The molecule has 1 aliphatic rings. The summed E-state index contributed by atoms with van der Waals surface area (Å²) in [5.41, 5.74) is 1.19. The van der Waals surface area contributed by atoms with E-state index in [9.17, 15) is 4.79 Å². The van der Waals surface area contributed by atoms with E-state index >= 15 is 0 Å². The summed E-state index contributed by atoms with van der Waals surface area (Å²) in [6.07, 6.45) is 0. The van der Waals surface area contributed by atoms with Crippen LogP contribution in [-0.2, 0) is 11.3 Å². The average Bonchev–Trinajstić information content (AvgIpc) is 2.52.